The van der Waals surface area contributed by atoms with Gasteiger partial charge >= 0.3 is 5.97 Å². The molecule has 0 N–H and O–H groups in total. The zero-order valence-corrected chi connectivity index (χ0v) is 10.9. The van der Waals surface area contributed by atoms with Crippen LogP contribution in [-0.4, -0.2) is 21.7 Å². The van der Waals surface area contributed by atoms with Crippen molar-refractivity contribution >= 4 is 37.8 Å². The molecule has 0 unspecified atom stereocenters. The Morgan fingerprint density at radius 2 is 2.31 bits per heavy atom. The molecular weight excluding hydrogens is 300 g/mol. The second kappa shape index (κ2) is 4.78. The fourth-order valence-electron chi connectivity index (χ4n) is 1.57. The Labute approximate surface area is 95.7 Å². The summed E-state index contributed by atoms with van der Waals surface area (Å²) in [7, 11) is 0. The van der Waals surface area contributed by atoms with Crippen LogP contribution >= 0.6 is 31.9 Å². The van der Waals surface area contributed by atoms with Crippen LogP contribution in [0.4, 0.5) is 0 Å². The number of halogens is 2. The molecule has 76 valence electrons. The molecule has 0 radical (unpaired) electrons. The zero-order chi connectivity index (χ0) is 9.90. The Kier molecular flexibility index (Phi) is 4.23. The Balaban J connectivity index is 2.65. The molecule has 0 heterocycles. The van der Waals surface area contributed by atoms with Crippen LogP contribution in [0, 0.1) is 0 Å². The van der Waals surface area contributed by atoms with Crippen molar-refractivity contribution in [1.29, 1.82) is 0 Å². The van der Waals surface area contributed by atoms with Gasteiger partial charge in [0.2, 0.25) is 0 Å². The van der Waals surface area contributed by atoms with E-state index >= 15 is 0 Å². The van der Waals surface area contributed by atoms with E-state index in [4.69, 9.17) is 4.74 Å². The predicted molar refractivity (Wildman–Crippen MR) is 59.5 cm³/mol. The number of carbonyl (C=O) groups excluding carboxylic acids is 1. The van der Waals surface area contributed by atoms with E-state index in [2.05, 4.69) is 31.9 Å². The maximum absolute atomic E-state index is 11.6. The quantitative estimate of drug-likeness (QED) is 0.578. The number of hydrogen-bond acceptors (Lipinski definition) is 2. The SMILES string of the molecule is CCOC(=O)[C@@]1(Br)CCCC[C@@H]1Br. The van der Waals surface area contributed by atoms with E-state index in [9.17, 15) is 4.79 Å². The molecule has 0 aromatic heterocycles. The molecule has 1 rings (SSSR count). The molecule has 4 heteroatoms. The van der Waals surface area contributed by atoms with Gasteiger partial charge in [0.05, 0.1) is 6.61 Å². The summed E-state index contributed by atoms with van der Waals surface area (Å²) in [5.41, 5.74) is 0. The highest BCUT2D eigenvalue weighted by molar-refractivity contribution is 9.12. The lowest BCUT2D eigenvalue weighted by atomic mass is 9.89. The van der Waals surface area contributed by atoms with E-state index in [1.165, 1.54) is 6.42 Å². The summed E-state index contributed by atoms with van der Waals surface area (Å²) < 4.78 is 4.55. The largest absolute Gasteiger partial charge is 0.465 e. The van der Waals surface area contributed by atoms with Gasteiger partial charge in [0.15, 0.2) is 0 Å². The lowest BCUT2D eigenvalue weighted by molar-refractivity contribution is -0.146. The predicted octanol–water partition coefficient (Wildman–Crippen LogP) is 3.02. The number of alkyl halides is 2. The summed E-state index contributed by atoms with van der Waals surface area (Å²) >= 11 is 7.04. The third-order valence-electron chi connectivity index (χ3n) is 2.36. The molecule has 0 amide bonds. The maximum atomic E-state index is 11.6. The van der Waals surface area contributed by atoms with Gasteiger partial charge in [-0.25, -0.2) is 0 Å². The van der Waals surface area contributed by atoms with Crippen molar-refractivity contribution in [2.45, 2.75) is 41.8 Å². The molecular formula is C9H14Br2O2. The first-order valence-electron chi connectivity index (χ1n) is 4.61. The smallest absolute Gasteiger partial charge is 0.324 e. The van der Waals surface area contributed by atoms with Crippen molar-refractivity contribution < 1.29 is 9.53 Å². The third-order valence-corrected chi connectivity index (χ3v) is 5.49. The summed E-state index contributed by atoms with van der Waals surface area (Å²) in [6.45, 7) is 2.28. The summed E-state index contributed by atoms with van der Waals surface area (Å²) in [6.07, 6.45) is 4.17. The van der Waals surface area contributed by atoms with Gasteiger partial charge in [-0.05, 0) is 19.8 Å². The number of carbonyl (C=O) groups is 1. The maximum Gasteiger partial charge on any atom is 0.324 e. The van der Waals surface area contributed by atoms with Crippen LogP contribution in [0.3, 0.4) is 0 Å². The summed E-state index contributed by atoms with van der Waals surface area (Å²) in [6, 6.07) is 0. The zero-order valence-electron chi connectivity index (χ0n) is 7.69. The van der Waals surface area contributed by atoms with Crippen LogP contribution in [0.15, 0.2) is 0 Å². The van der Waals surface area contributed by atoms with E-state index in [1.54, 1.807) is 0 Å². The van der Waals surface area contributed by atoms with Crippen LogP contribution in [-0.2, 0) is 9.53 Å². The molecule has 0 spiro atoms. The molecule has 13 heavy (non-hydrogen) atoms. The third kappa shape index (κ3) is 2.46. The van der Waals surface area contributed by atoms with Gasteiger partial charge in [-0.15, -0.1) is 0 Å². The summed E-state index contributed by atoms with van der Waals surface area (Å²) in [5.74, 6) is -0.128. The van der Waals surface area contributed by atoms with Crippen LogP contribution in [0.5, 0.6) is 0 Å². The number of hydrogen-bond donors (Lipinski definition) is 0. The average Bonchev–Trinajstić information content (AvgIpc) is 2.11. The van der Waals surface area contributed by atoms with Gasteiger partial charge in [0.25, 0.3) is 0 Å². The lowest BCUT2D eigenvalue weighted by Crippen LogP contribution is -2.44. The molecule has 1 saturated carbocycles. The van der Waals surface area contributed by atoms with Crippen molar-refractivity contribution in [2.75, 3.05) is 6.61 Å². The number of rotatable bonds is 2. The first-order valence-corrected chi connectivity index (χ1v) is 6.32. The van der Waals surface area contributed by atoms with Crippen molar-refractivity contribution in [3.05, 3.63) is 0 Å². The van der Waals surface area contributed by atoms with E-state index < -0.39 is 4.32 Å². The Bertz CT molecular complexity index is 196. The normalized spacial score (nSPS) is 34.2. The van der Waals surface area contributed by atoms with Crippen molar-refractivity contribution in [3.63, 3.8) is 0 Å². The number of ether oxygens (including phenoxy) is 1. The Morgan fingerprint density at radius 1 is 1.62 bits per heavy atom. The summed E-state index contributed by atoms with van der Waals surface area (Å²) in [4.78, 5) is 11.8. The minimum Gasteiger partial charge on any atom is -0.465 e. The van der Waals surface area contributed by atoms with Gasteiger partial charge in [0.1, 0.15) is 4.32 Å². The average molecular weight is 314 g/mol. The van der Waals surface area contributed by atoms with Gasteiger partial charge in [-0.2, -0.15) is 0 Å². The van der Waals surface area contributed by atoms with Gasteiger partial charge < -0.3 is 4.74 Å². The number of esters is 1. The molecule has 2 nitrogen and oxygen atoms in total. The van der Waals surface area contributed by atoms with E-state index in [1.807, 2.05) is 6.92 Å². The minimum absolute atomic E-state index is 0.128. The monoisotopic (exact) mass is 312 g/mol. The second-order valence-electron chi connectivity index (χ2n) is 3.30. The standard InChI is InChI=1S/C9H14Br2O2/c1-2-13-8(12)9(11)6-4-3-5-7(9)10/h7H,2-6H2,1H3/t7-,9+/m0/s1. The fraction of sp³-hybridized carbons (Fsp3) is 0.889. The van der Waals surface area contributed by atoms with E-state index in [0.29, 0.717) is 6.61 Å². The van der Waals surface area contributed by atoms with Crippen LogP contribution in [0.1, 0.15) is 32.6 Å². The Hall–Kier alpha value is 0.430. The minimum atomic E-state index is -0.485. The second-order valence-corrected chi connectivity index (χ2v) is 5.82. The van der Waals surface area contributed by atoms with Crippen molar-refractivity contribution in [3.8, 4) is 0 Å². The highest BCUT2D eigenvalue weighted by atomic mass is 79.9. The molecule has 1 fully saturated rings. The van der Waals surface area contributed by atoms with Gasteiger partial charge in [-0.3, -0.25) is 4.79 Å². The summed E-state index contributed by atoms with van der Waals surface area (Å²) in [5, 5.41) is 0. The van der Waals surface area contributed by atoms with E-state index in [-0.39, 0.29) is 10.8 Å². The molecule has 2 atom stereocenters. The highest BCUT2D eigenvalue weighted by Gasteiger charge is 2.44. The Morgan fingerprint density at radius 3 is 2.85 bits per heavy atom. The van der Waals surface area contributed by atoms with Gasteiger partial charge in [0, 0.05) is 4.83 Å². The van der Waals surface area contributed by atoms with Crippen LogP contribution in [0.25, 0.3) is 0 Å². The van der Waals surface area contributed by atoms with Crippen LogP contribution in [0.2, 0.25) is 0 Å². The topological polar surface area (TPSA) is 26.3 Å². The van der Waals surface area contributed by atoms with Crippen molar-refractivity contribution in [2.24, 2.45) is 0 Å². The lowest BCUT2D eigenvalue weighted by Gasteiger charge is -2.33. The first kappa shape index (κ1) is 11.5. The van der Waals surface area contributed by atoms with Gasteiger partial charge in [-0.1, -0.05) is 44.7 Å². The van der Waals surface area contributed by atoms with E-state index in [0.717, 1.165) is 19.3 Å². The molecule has 1 aliphatic carbocycles. The molecule has 0 saturated heterocycles. The highest BCUT2D eigenvalue weighted by Crippen LogP contribution is 2.41. The molecule has 1 aliphatic rings. The molecule has 0 aromatic rings. The molecule has 0 aliphatic heterocycles. The van der Waals surface area contributed by atoms with Crippen molar-refractivity contribution in [1.82, 2.24) is 0 Å². The fourth-order valence-corrected chi connectivity index (χ4v) is 2.94. The van der Waals surface area contributed by atoms with Crippen LogP contribution < -0.4 is 0 Å². The molecule has 0 aromatic carbocycles. The first-order chi connectivity index (χ1) is 6.11. The molecule has 0 bridgehead atoms.